The van der Waals surface area contributed by atoms with E-state index in [2.05, 4.69) is 11.4 Å². The zero-order valence-corrected chi connectivity index (χ0v) is 10.5. The number of benzene rings is 1. The van der Waals surface area contributed by atoms with E-state index in [0.29, 0.717) is 12.2 Å². The number of ether oxygens (including phenoxy) is 1. The van der Waals surface area contributed by atoms with Gasteiger partial charge in [-0.25, -0.2) is 0 Å². The summed E-state index contributed by atoms with van der Waals surface area (Å²) in [6, 6.07) is 11.8. The predicted octanol–water partition coefficient (Wildman–Crippen LogP) is 2.52. The zero-order chi connectivity index (χ0) is 13.0. The lowest BCUT2D eigenvalue weighted by Gasteiger charge is -2.05. The van der Waals surface area contributed by atoms with E-state index in [0.717, 1.165) is 17.0 Å². The van der Waals surface area contributed by atoms with Crippen LogP contribution in [0, 0.1) is 11.3 Å². The summed E-state index contributed by atoms with van der Waals surface area (Å²) in [5.41, 5.74) is 2.78. The first-order valence-electron chi connectivity index (χ1n) is 5.66. The van der Waals surface area contributed by atoms with E-state index in [1.54, 1.807) is 7.11 Å². The summed E-state index contributed by atoms with van der Waals surface area (Å²) in [7, 11) is 3.52. The third-order valence-corrected chi connectivity index (χ3v) is 2.76. The molecule has 0 fully saturated rings. The predicted molar refractivity (Wildman–Crippen MR) is 70.4 cm³/mol. The number of aryl methyl sites for hydroxylation is 1. The molecule has 0 aliphatic heterocycles. The number of hydrogen-bond donors (Lipinski definition) is 1. The molecule has 0 aliphatic carbocycles. The Labute approximate surface area is 106 Å². The summed E-state index contributed by atoms with van der Waals surface area (Å²) >= 11 is 0. The second-order valence-electron chi connectivity index (χ2n) is 4.04. The van der Waals surface area contributed by atoms with Gasteiger partial charge in [-0.1, -0.05) is 0 Å². The largest absolute Gasteiger partial charge is 0.497 e. The molecule has 0 saturated carbocycles. The van der Waals surface area contributed by atoms with Crippen molar-refractivity contribution in [3.8, 4) is 11.8 Å². The minimum absolute atomic E-state index is 0.668. The van der Waals surface area contributed by atoms with Gasteiger partial charge in [-0.3, -0.25) is 0 Å². The maximum atomic E-state index is 8.87. The summed E-state index contributed by atoms with van der Waals surface area (Å²) in [5.74, 6) is 0.840. The van der Waals surface area contributed by atoms with Gasteiger partial charge < -0.3 is 14.6 Å². The summed E-state index contributed by atoms with van der Waals surface area (Å²) in [5, 5.41) is 12.2. The fraction of sp³-hybridized carbons (Fsp3) is 0.214. The molecule has 0 amide bonds. The average molecular weight is 241 g/mol. The molecule has 1 heterocycles. The molecule has 2 rings (SSSR count). The van der Waals surface area contributed by atoms with Crippen LogP contribution in [0.2, 0.25) is 0 Å². The van der Waals surface area contributed by atoms with Crippen molar-refractivity contribution in [3.63, 3.8) is 0 Å². The maximum absolute atomic E-state index is 8.87. The molecule has 2 aromatic rings. The monoisotopic (exact) mass is 241 g/mol. The van der Waals surface area contributed by atoms with Crippen LogP contribution < -0.4 is 10.1 Å². The number of hydrogen-bond acceptors (Lipinski definition) is 3. The van der Waals surface area contributed by atoms with E-state index >= 15 is 0 Å². The molecule has 0 atom stereocenters. The smallest absolute Gasteiger partial charge is 0.120 e. The average Bonchev–Trinajstić information content (AvgIpc) is 2.77. The molecule has 0 spiro atoms. The van der Waals surface area contributed by atoms with Crippen LogP contribution in [0.25, 0.3) is 0 Å². The summed E-state index contributed by atoms with van der Waals surface area (Å²) in [4.78, 5) is 0. The Balaban J connectivity index is 2.00. The van der Waals surface area contributed by atoms with Crippen molar-refractivity contribution in [2.45, 2.75) is 6.54 Å². The van der Waals surface area contributed by atoms with Crippen molar-refractivity contribution in [1.29, 1.82) is 5.26 Å². The summed E-state index contributed by atoms with van der Waals surface area (Å²) < 4.78 is 6.92. The van der Waals surface area contributed by atoms with Crippen LogP contribution in [0.15, 0.2) is 36.5 Å². The third-order valence-electron chi connectivity index (χ3n) is 2.76. The van der Waals surface area contributed by atoms with Crippen molar-refractivity contribution in [1.82, 2.24) is 4.57 Å². The number of rotatable bonds is 4. The van der Waals surface area contributed by atoms with Gasteiger partial charge in [0.25, 0.3) is 0 Å². The van der Waals surface area contributed by atoms with Gasteiger partial charge >= 0.3 is 0 Å². The molecular formula is C14H15N3O. The van der Waals surface area contributed by atoms with Gasteiger partial charge in [-0.2, -0.15) is 5.26 Å². The number of nitrogens with zero attached hydrogens (tertiary/aromatic N) is 2. The van der Waals surface area contributed by atoms with Crippen molar-refractivity contribution in [3.05, 3.63) is 47.8 Å². The zero-order valence-electron chi connectivity index (χ0n) is 10.5. The molecule has 4 heteroatoms. The van der Waals surface area contributed by atoms with Crippen LogP contribution in [-0.4, -0.2) is 11.7 Å². The standard InChI is InChI=1S/C14H15N3O/c1-17-10-11(7-13(17)8-15)9-16-12-3-5-14(18-2)6-4-12/h3-7,10,16H,9H2,1-2H3. The number of aromatic nitrogens is 1. The first-order chi connectivity index (χ1) is 8.72. The minimum atomic E-state index is 0.668. The molecule has 0 unspecified atom stereocenters. The molecule has 0 bridgehead atoms. The first-order valence-corrected chi connectivity index (χ1v) is 5.66. The molecule has 18 heavy (non-hydrogen) atoms. The second kappa shape index (κ2) is 5.28. The Morgan fingerprint density at radius 3 is 2.61 bits per heavy atom. The molecular weight excluding hydrogens is 226 g/mol. The topological polar surface area (TPSA) is 50.0 Å². The highest BCUT2D eigenvalue weighted by atomic mass is 16.5. The van der Waals surface area contributed by atoms with E-state index in [-0.39, 0.29) is 0 Å². The van der Waals surface area contributed by atoms with Crippen LogP contribution in [0.4, 0.5) is 5.69 Å². The Hall–Kier alpha value is -2.41. The second-order valence-corrected chi connectivity index (χ2v) is 4.04. The maximum Gasteiger partial charge on any atom is 0.120 e. The molecule has 0 saturated heterocycles. The van der Waals surface area contributed by atoms with E-state index in [1.807, 2.05) is 48.1 Å². The van der Waals surface area contributed by atoms with Gasteiger partial charge in [0, 0.05) is 25.5 Å². The van der Waals surface area contributed by atoms with Crippen LogP contribution in [-0.2, 0) is 13.6 Å². The number of nitrogens with one attached hydrogen (secondary N) is 1. The van der Waals surface area contributed by atoms with Gasteiger partial charge in [0.15, 0.2) is 0 Å². The lowest BCUT2D eigenvalue weighted by atomic mass is 10.2. The molecule has 1 aromatic carbocycles. The molecule has 1 N–H and O–H groups in total. The molecule has 1 aromatic heterocycles. The van der Waals surface area contributed by atoms with Gasteiger partial charge in [-0.05, 0) is 35.9 Å². The van der Waals surface area contributed by atoms with E-state index in [1.165, 1.54) is 0 Å². The highest BCUT2D eigenvalue weighted by Gasteiger charge is 2.02. The Morgan fingerprint density at radius 1 is 1.33 bits per heavy atom. The normalized spacial score (nSPS) is 9.83. The fourth-order valence-corrected chi connectivity index (χ4v) is 1.75. The van der Waals surface area contributed by atoms with Crippen LogP contribution in [0.5, 0.6) is 5.75 Å². The quantitative estimate of drug-likeness (QED) is 0.894. The Kier molecular flexibility index (Phi) is 3.54. The van der Waals surface area contributed by atoms with E-state index in [9.17, 15) is 0 Å². The molecule has 0 aliphatic rings. The van der Waals surface area contributed by atoms with Crippen molar-refractivity contribution >= 4 is 5.69 Å². The molecule has 4 nitrogen and oxygen atoms in total. The van der Waals surface area contributed by atoms with Crippen molar-refractivity contribution in [2.24, 2.45) is 7.05 Å². The number of anilines is 1. The number of methoxy groups -OCH3 is 1. The lowest BCUT2D eigenvalue weighted by Crippen LogP contribution is -1.98. The van der Waals surface area contributed by atoms with Gasteiger partial charge in [0.1, 0.15) is 17.5 Å². The van der Waals surface area contributed by atoms with Crippen LogP contribution in [0.1, 0.15) is 11.3 Å². The van der Waals surface area contributed by atoms with Crippen molar-refractivity contribution < 1.29 is 4.74 Å². The fourth-order valence-electron chi connectivity index (χ4n) is 1.75. The van der Waals surface area contributed by atoms with Crippen molar-refractivity contribution in [2.75, 3.05) is 12.4 Å². The number of nitriles is 1. The molecule has 92 valence electrons. The van der Waals surface area contributed by atoms with Crippen LogP contribution in [0.3, 0.4) is 0 Å². The lowest BCUT2D eigenvalue weighted by molar-refractivity contribution is 0.415. The SMILES string of the molecule is COc1ccc(NCc2cc(C#N)n(C)c2)cc1. The summed E-state index contributed by atoms with van der Waals surface area (Å²) in [6.45, 7) is 0.696. The summed E-state index contributed by atoms with van der Waals surface area (Å²) in [6.07, 6.45) is 1.95. The third kappa shape index (κ3) is 2.64. The van der Waals surface area contributed by atoms with Crippen LogP contribution >= 0.6 is 0 Å². The van der Waals surface area contributed by atoms with Gasteiger partial charge in [-0.15, -0.1) is 0 Å². The highest BCUT2D eigenvalue weighted by molar-refractivity contribution is 5.47. The Morgan fingerprint density at radius 2 is 2.06 bits per heavy atom. The van der Waals surface area contributed by atoms with Gasteiger partial charge in [0.05, 0.1) is 7.11 Å². The van der Waals surface area contributed by atoms with Gasteiger partial charge in [0.2, 0.25) is 0 Å². The highest BCUT2D eigenvalue weighted by Crippen LogP contribution is 2.16. The first kappa shape index (κ1) is 12.1. The molecule has 0 radical (unpaired) electrons. The Bertz CT molecular complexity index is 564. The van der Waals surface area contributed by atoms with E-state index < -0.39 is 0 Å². The minimum Gasteiger partial charge on any atom is -0.497 e. The van der Waals surface area contributed by atoms with E-state index in [4.69, 9.17) is 10.00 Å².